The van der Waals surface area contributed by atoms with E-state index >= 15 is 0 Å². The summed E-state index contributed by atoms with van der Waals surface area (Å²) in [5.41, 5.74) is 0. The number of hydrogen-bond donors (Lipinski definition) is 7. The van der Waals surface area contributed by atoms with Crippen LogP contribution >= 0.6 is 0 Å². The fourth-order valence-corrected chi connectivity index (χ4v) is 2.60. The molecule has 0 aliphatic carbocycles. The topological polar surface area (TPSA) is 169 Å². The van der Waals surface area contributed by atoms with Gasteiger partial charge in [0.25, 0.3) is 0 Å². The van der Waals surface area contributed by atoms with Crippen molar-refractivity contribution in [2.75, 3.05) is 13.2 Å². The average Bonchev–Trinajstić information content (AvgIpc) is 2.72. The average molecular weight is 326 g/mol. The zero-order valence-electron chi connectivity index (χ0n) is 11.9. The zero-order chi connectivity index (χ0) is 16.7. The molecule has 0 radical (unpaired) electrons. The number of rotatable bonds is 4. The number of ether oxygens (including phenoxy) is 3. The first-order valence-corrected chi connectivity index (χ1v) is 6.90. The minimum atomic E-state index is -2.06. The third kappa shape index (κ3) is 2.87. The predicted molar refractivity (Wildman–Crippen MR) is 67.2 cm³/mol. The molecule has 5 unspecified atom stereocenters. The second-order valence-corrected chi connectivity index (χ2v) is 5.54. The smallest absolute Gasteiger partial charge is 0.223 e. The highest BCUT2D eigenvalue weighted by molar-refractivity contribution is 4.97. The zero-order valence-corrected chi connectivity index (χ0v) is 11.9. The molecule has 2 rings (SSSR count). The summed E-state index contributed by atoms with van der Waals surface area (Å²) in [6, 6.07) is 0. The van der Waals surface area contributed by atoms with Crippen LogP contribution in [0.15, 0.2) is 0 Å². The van der Waals surface area contributed by atoms with Crippen molar-refractivity contribution in [2.45, 2.75) is 61.7 Å². The van der Waals surface area contributed by atoms with Crippen molar-refractivity contribution >= 4 is 0 Å². The molecule has 2 heterocycles. The van der Waals surface area contributed by atoms with Crippen LogP contribution in [0.5, 0.6) is 0 Å². The predicted octanol–water partition coefficient (Wildman–Crippen LogP) is -4.37. The van der Waals surface area contributed by atoms with Crippen molar-refractivity contribution in [1.29, 1.82) is 0 Å². The van der Waals surface area contributed by atoms with Crippen molar-refractivity contribution in [1.82, 2.24) is 0 Å². The van der Waals surface area contributed by atoms with E-state index < -0.39 is 68.0 Å². The van der Waals surface area contributed by atoms with Gasteiger partial charge in [0.05, 0.1) is 12.7 Å². The summed E-state index contributed by atoms with van der Waals surface area (Å²) in [7, 11) is 0. The molecule has 0 spiro atoms. The first-order chi connectivity index (χ1) is 10.3. The highest BCUT2D eigenvalue weighted by atomic mass is 16.8. The summed E-state index contributed by atoms with van der Waals surface area (Å²) in [6.07, 6.45) is -11.6. The van der Waals surface area contributed by atoms with Crippen molar-refractivity contribution in [3.8, 4) is 0 Å². The van der Waals surface area contributed by atoms with E-state index in [0.717, 1.165) is 0 Å². The molecular weight excluding hydrogens is 304 g/mol. The molecule has 2 aliphatic heterocycles. The van der Waals surface area contributed by atoms with E-state index in [4.69, 9.17) is 19.3 Å². The van der Waals surface area contributed by atoms with E-state index in [-0.39, 0.29) is 0 Å². The van der Waals surface area contributed by atoms with Crippen LogP contribution in [-0.4, -0.2) is 104 Å². The van der Waals surface area contributed by atoms with Crippen molar-refractivity contribution in [3.63, 3.8) is 0 Å². The summed E-state index contributed by atoms with van der Waals surface area (Å²) in [4.78, 5) is 0. The molecule has 2 aliphatic rings. The Morgan fingerprint density at radius 2 is 1.59 bits per heavy atom. The minimum Gasteiger partial charge on any atom is -0.394 e. The highest BCUT2D eigenvalue weighted by Crippen LogP contribution is 2.35. The Labute approximate surface area is 126 Å². The van der Waals surface area contributed by atoms with Crippen LogP contribution in [-0.2, 0) is 14.2 Å². The second-order valence-electron chi connectivity index (χ2n) is 5.54. The number of aliphatic hydroxyl groups is 7. The monoisotopic (exact) mass is 326 g/mol. The Kier molecular flexibility index (Phi) is 5.39. The van der Waals surface area contributed by atoms with Crippen LogP contribution in [0.1, 0.15) is 6.92 Å². The molecule has 0 saturated carbocycles. The molecule has 10 nitrogen and oxygen atoms in total. The fourth-order valence-electron chi connectivity index (χ4n) is 2.60. The van der Waals surface area contributed by atoms with E-state index in [1.165, 1.54) is 6.92 Å². The lowest BCUT2D eigenvalue weighted by atomic mass is 9.99. The van der Waals surface area contributed by atoms with Crippen LogP contribution in [0.4, 0.5) is 0 Å². The van der Waals surface area contributed by atoms with E-state index in [1.54, 1.807) is 0 Å². The molecule has 7 N–H and O–H groups in total. The van der Waals surface area contributed by atoms with Gasteiger partial charge in [-0.05, 0) is 6.92 Å². The molecule has 9 atom stereocenters. The summed E-state index contributed by atoms with van der Waals surface area (Å²) in [5, 5.41) is 67.5. The van der Waals surface area contributed by atoms with Gasteiger partial charge in [0.1, 0.15) is 43.2 Å². The minimum absolute atomic E-state index is 0.653. The van der Waals surface area contributed by atoms with Crippen LogP contribution in [0.2, 0.25) is 0 Å². The summed E-state index contributed by atoms with van der Waals surface area (Å²) in [6.45, 7) is -0.0636. The SMILES string of the molecule is C[C@H]1O[C@@](CO)(O[C@H]2OC(CO)[C@@H](O)C(O)C2O)C(O)C1O. The first-order valence-electron chi connectivity index (χ1n) is 6.90. The van der Waals surface area contributed by atoms with Gasteiger partial charge >= 0.3 is 0 Å². The highest BCUT2D eigenvalue weighted by Gasteiger charge is 2.57. The van der Waals surface area contributed by atoms with Crippen LogP contribution in [0.3, 0.4) is 0 Å². The van der Waals surface area contributed by atoms with Crippen molar-refractivity contribution < 1.29 is 50.0 Å². The molecule has 130 valence electrons. The number of aliphatic hydroxyl groups excluding tert-OH is 7. The summed E-state index contributed by atoms with van der Waals surface area (Å²) in [5.74, 6) is -2.06. The van der Waals surface area contributed by atoms with Crippen LogP contribution in [0, 0.1) is 0 Å². The lowest BCUT2D eigenvalue weighted by Crippen LogP contribution is -2.62. The quantitative estimate of drug-likeness (QED) is 0.268. The molecule has 2 fully saturated rings. The molecule has 10 heteroatoms. The Morgan fingerprint density at radius 1 is 0.955 bits per heavy atom. The third-order valence-corrected chi connectivity index (χ3v) is 4.02. The van der Waals surface area contributed by atoms with Gasteiger partial charge in [0, 0.05) is 0 Å². The van der Waals surface area contributed by atoms with E-state index in [1.807, 2.05) is 0 Å². The molecule has 0 aromatic carbocycles. The normalized spacial score (nSPS) is 52.9. The maximum atomic E-state index is 9.98. The van der Waals surface area contributed by atoms with Gasteiger partial charge in [-0.2, -0.15) is 0 Å². The third-order valence-electron chi connectivity index (χ3n) is 4.02. The molecule has 0 aromatic heterocycles. The maximum Gasteiger partial charge on any atom is 0.223 e. The standard InChI is InChI=1S/C12H22O10/c1-4-6(15)10(19)12(3-14,21-4)22-11-9(18)8(17)7(16)5(2-13)20-11/h4-11,13-19H,2-3H2,1H3/t4-,5?,6?,7-,8?,9?,10?,11-,12+/m1/s1. The fraction of sp³-hybridized carbons (Fsp3) is 1.00. The van der Waals surface area contributed by atoms with E-state index in [2.05, 4.69) is 0 Å². The van der Waals surface area contributed by atoms with Gasteiger partial charge in [-0.15, -0.1) is 0 Å². The van der Waals surface area contributed by atoms with Gasteiger partial charge in [0.2, 0.25) is 5.79 Å². The van der Waals surface area contributed by atoms with Crippen molar-refractivity contribution in [2.24, 2.45) is 0 Å². The number of hydrogen-bond acceptors (Lipinski definition) is 10. The largest absolute Gasteiger partial charge is 0.394 e. The van der Waals surface area contributed by atoms with Gasteiger partial charge in [-0.1, -0.05) is 0 Å². The molecule has 22 heavy (non-hydrogen) atoms. The van der Waals surface area contributed by atoms with E-state index in [9.17, 15) is 30.6 Å². The van der Waals surface area contributed by atoms with Gasteiger partial charge in [0.15, 0.2) is 6.29 Å². The Balaban J connectivity index is 2.17. The lowest BCUT2D eigenvalue weighted by Gasteiger charge is -2.43. The second kappa shape index (κ2) is 6.61. The summed E-state index contributed by atoms with van der Waals surface area (Å²) >= 11 is 0. The first kappa shape index (κ1) is 17.9. The summed E-state index contributed by atoms with van der Waals surface area (Å²) < 4.78 is 15.6. The van der Waals surface area contributed by atoms with E-state index in [0.29, 0.717) is 0 Å². The molecular formula is C12H22O10. The van der Waals surface area contributed by atoms with Crippen LogP contribution in [0.25, 0.3) is 0 Å². The van der Waals surface area contributed by atoms with Gasteiger partial charge < -0.3 is 50.0 Å². The molecule has 2 saturated heterocycles. The van der Waals surface area contributed by atoms with Crippen LogP contribution < -0.4 is 0 Å². The Hall–Kier alpha value is -0.400. The molecule has 0 amide bonds. The maximum absolute atomic E-state index is 9.98. The molecule has 0 bridgehead atoms. The molecule has 0 aromatic rings. The van der Waals surface area contributed by atoms with Gasteiger partial charge in [-0.25, -0.2) is 0 Å². The van der Waals surface area contributed by atoms with Gasteiger partial charge in [-0.3, -0.25) is 0 Å². The Morgan fingerprint density at radius 3 is 2.05 bits per heavy atom. The van der Waals surface area contributed by atoms with Crippen molar-refractivity contribution in [3.05, 3.63) is 0 Å². The lowest BCUT2D eigenvalue weighted by molar-refractivity contribution is -0.382. The Bertz CT molecular complexity index is 379.